The number of thioether (sulfide) groups is 1. The maximum Gasteiger partial charge on any atom is 0.415 e. The second-order valence-corrected chi connectivity index (χ2v) is 12.7. The molecule has 41 heavy (non-hydrogen) atoms. The molecule has 2 atom stereocenters. The number of carbonyl (C=O) groups is 3. The lowest BCUT2D eigenvalue weighted by molar-refractivity contribution is -0.143. The second-order valence-electron chi connectivity index (χ2n) is 9.58. The number of anilines is 1. The Morgan fingerprint density at radius 3 is 2.27 bits per heavy atom. The number of methoxy groups -OCH3 is 1. The number of amides is 2. The molecule has 0 unspecified atom stereocenters. The number of nitrogens with one attached hydrogen (secondary N) is 1. The summed E-state index contributed by atoms with van der Waals surface area (Å²) in [5.41, 5.74) is 6.18. The molecule has 2 aliphatic heterocycles. The largest absolute Gasteiger partial charge is 0.467 e. The summed E-state index contributed by atoms with van der Waals surface area (Å²) in [7, 11) is -2.87. The monoisotopic (exact) mass is 603 g/mol. The van der Waals surface area contributed by atoms with Crippen LogP contribution in [0.2, 0.25) is 0 Å². The molecule has 2 fully saturated rings. The van der Waals surface area contributed by atoms with Crippen molar-refractivity contribution in [2.45, 2.75) is 36.7 Å². The lowest BCUT2D eigenvalue weighted by Crippen LogP contribution is -2.53. The molecule has 2 amide bonds. The summed E-state index contributed by atoms with van der Waals surface area (Å²) in [6, 6.07) is 9.58. The van der Waals surface area contributed by atoms with Crippen molar-refractivity contribution in [3.05, 3.63) is 54.1 Å². The molecule has 14 heteroatoms. The summed E-state index contributed by atoms with van der Waals surface area (Å²) in [6.07, 6.45) is 0.251. The van der Waals surface area contributed by atoms with Gasteiger partial charge in [0, 0.05) is 42.4 Å². The number of benzene rings is 2. The maximum absolute atomic E-state index is 14.0. The van der Waals surface area contributed by atoms with Gasteiger partial charge in [-0.1, -0.05) is 0 Å². The normalized spacial score (nSPS) is 18.4. The first-order chi connectivity index (χ1) is 19.5. The average molecular weight is 604 g/mol. The lowest BCUT2D eigenvalue weighted by Gasteiger charge is -2.33. The van der Waals surface area contributed by atoms with E-state index in [0.717, 1.165) is 15.8 Å². The van der Waals surface area contributed by atoms with Gasteiger partial charge in [-0.15, -0.1) is 0 Å². The molecule has 12 nitrogen and oxygen atoms in total. The first kappa shape index (κ1) is 30.3. The van der Waals surface area contributed by atoms with Gasteiger partial charge in [-0.05, 0) is 68.3 Å². The summed E-state index contributed by atoms with van der Waals surface area (Å²) < 4.78 is 38.6. The van der Waals surface area contributed by atoms with Crippen molar-refractivity contribution in [2.24, 2.45) is 5.73 Å². The minimum absolute atomic E-state index is 0.0340. The predicted octanol–water partition coefficient (Wildman–Crippen LogP) is 2.27. The van der Waals surface area contributed by atoms with Crippen LogP contribution in [0.1, 0.15) is 25.3 Å². The predicted molar refractivity (Wildman–Crippen MR) is 155 cm³/mol. The molecular weight excluding hydrogens is 570 g/mol. The molecule has 0 bridgehead atoms. The van der Waals surface area contributed by atoms with Gasteiger partial charge in [0.05, 0.1) is 12.0 Å². The highest BCUT2D eigenvalue weighted by Gasteiger charge is 2.43. The van der Waals surface area contributed by atoms with Crippen molar-refractivity contribution >= 4 is 51.3 Å². The summed E-state index contributed by atoms with van der Waals surface area (Å²) in [4.78, 5) is 41.9. The molecule has 0 radical (unpaired) electrons. The molecule has 2 aromatic rings. The van der Waals surface area contributed by atoms with E-state index in [1.807, 2.05) is 0 Å². The summed E-state index contributed by atoms with van der Waals surface area (Å²) >= 11 is 1.77. The summed E-state index contributed by atoms with van der Waals surface area (Å²) in [5.74, 6) is 0.502. The van der Waals surface area contributed by atoms with Gasteiger partial charge in [-0.2, -0.15) is 16.1 Å². The minimum Gasteiger partial charge on any atom is -0.467 e. The number of hydrogen-bond donors (Lipinski definition) is 2. The Morgan fingerprint density at radius 1 is 1.05 bits per heavy atom. The van der Waals surface area contributed by atoms with E-state index in [1.54, 1.807) is 28.8 Å². The number of esters is 1. The van der Waals surface area contributed by atoms with Crippen LogP contribution in [-0.2, 0) is 24.3 Å². The highest BCUT2D eigenvalue weighted by atomic mass is 32.2. The van der Waals surface area contributed by atoms with E-state index in [1.165, 1.54) is 55.3 Å². The zero-order valence-corrected chi connectivity index (χ0v) is 24.4. The number of nitrogens with two attached hydrogens (primary N) is 1. The van der Waals surface area contributed by atoms with Crippen LogP contribution in [0.5, 0.6) is 5.75 Å². The topological polar surface area (TPSA) is 163 Å². The first-order valence-electron chi connectivity index (χ1n) is 13.1. The van der Waals surface area contributed by atoms with E-state index < -0.39 is 40.1 Å². The number of nitrogen functional groups attached to an aromatic ring is 1. The third-order valence-corrected chi connectivity index (χ3v) is 9.88. The zero-order chi connectivity index (χ0) is 29.7. The molecular formula is C27H33N5O7S2. The highest BCUT2D eigenvalue weighted by molar-refractivity contribution is 7.99. The molecule has 0 aromatic heterocycles. The molecule has 0 aliphatic carbocycles. The van der Waals surface area contributed by atoms with Crippen LogP contribution in [0.25, 0.3) is 0 Å². The van der Waals surface area contributed by atoms with Gasteiger partial charge in [0.25, 0.3) is 0 Å². The molecule has 220 valence electrons. The van der Waals surface area contributed by atoms with Gasteiger partial charge in [0.1, 0.15) is 23.7 Å². The molecule has 2 saturated heterocycles. The molecule has 2 aromatic carbocycles. The number of ether oxygens (including phenoxy) is 2. The van der Waals surface area contributed by atoms with Gasteiger partial charge in [-0.25, -0.2) is 18.0 Å². The third kappa shape index (κ3) is 6.66. The van der Waals surface area contributed by atoms with E-state index in [0.29, 0.717) is 30.8 Å². The fourth-order valence-corrected chi connectivity index (χ4v) is 7.33. The number of rotatable bonds is 8. The zero-order valence-electron chi connectivity index (χ0n) is 22.8. The Kier molecular flexibility index (Phi) is 9.56. The number of amidine groups is 1. The van der Waals surface area contributed by atoms with Gasteiger partial charge in [0.15, 0.2) is 0 Å². The minimum atomic E-state index is -4.08. The Hall–Kier alpha value is -3.62. The van der Waals surface area contributed by atoms with Crippen molar-refractivity contribution in [1.29, 1.82) is 5.41 Å². The van der Waals surface area contributed by atoms with Crippen molar-refractivity contribution in [3.63, 3.8) is 0 Å². The quantitative estimate of drug-likeness (QED) is 0.262. The maximum atomic E-state index is 14.0. The molecule has 3 N–H and O–H groups in total. The molecule has 2 aliphatic rings. The Morgan fingerprint density at radius 2 is 1.68 bits per heavy atom. The van der Waals surface area contributed by atoms with Crippen molar-refractivity contribution < 1.29 is 32.3 Å². The fourth-order valence-electron chi connectivity index (χ4n) is 4.78. The van der Waals surface area contributed by atoms with E-state index >= 15 is 0 Å². The number of sulfonamides is 1. The van der Waals surface area contributed by atoms with Crippen molar-refractivity contribution in [1.82, 2.24) is 9.21 Å². The van der Waals surface area contributed by atoms with Gasteiger partial charge < -0.3 is 20.1 Å². The average Bonchev–Trinajstić information content (AvgIpc) is 3.49. The van der Waals surface area contributed by atoms with Crippen LogP contribution in [0, 0.1) is 5.41 Å². The molecule has 0 saturated carbocycles. The Balaban J connectivity index is 1.59. The van der Waals surface area contributed by atoms with Crippen LogP contribution in [0.15, 0.2) is 53.4 Å². The van der Waals surface area contributed by atoms with E-state index in [2.05, 4.69) is 0 Å². The molecule has 2 heterocycles. The van der Waals surface area contributed by atoms with Crippen LogP contribution < -0.4 is 15.4 Å². The second kappa shape index (κ2) is 12.9. The smallest absolute Gasteiger partial charge is 0.415 e. The number of carbonyl (C=O) groups excluding carboxylic acids is 3. The van der Waals surface area contributed by atoms with Crippen LogP contribution in [0.3, 0.4) is 0 Å². The Labute approximate surface area is 243 Å². The van der Waals surface area contributed by atoms with Crippen molar-refractivity contribution in [2.75, 3.05) is 43.1 Å². The fraction of sp³-hybridized carbons (Fsp3) is 0.407. The highest BCUT2D eigenvalue weighted by Crippen LogP contribution is 2.31. The third-order valence-electron chi connectivity index (χ3n) is 7.02. The van der Waals surface area contributed by atoms with Gasteiger partial charge in [0.2, 0.25) is 15.9 Å². The van der Waals surface area contributed by atoms with Gasteiger partial charge in [-0.3, -0.25) is 15.1 Å². The standard InChI is InChI=1S/C27H33N5O7S2/c1-18(26(34)38-2)32(20-7-9-21(10-8-20)39-27(35)30-14-16-40-17-15-30)25(33)23-4-3-13-31(23)41(36,37)22-11-5-19(6-12-22)24(28)29/h5-12,18,23H,3-4,13-17H2,1-2H3,(H3,28,29)/t18-,23-/m0/s1. The first-order valence-corrected chi connectivity index (χ1v) is 15.7. The lowest BCUT2D eigenvalue weighted by atomic mass is 10.1. The molecule has 4 rings (SSSR count). The number of hydrogen-bond acceptors (Lipinski definition) is 9. The van der Waals surface area contributed by atoms with Gasteiger partial charge >= 0.3 is 12.1 Å². The summed E-state index contributed by atoms with van der Waals surface area (Å²) in [5, 5.41) is 7.53. The van der Waals surface area contributed by atoms with Crippen LogP contribution in [0.4, 0.5) is 10.5 Å². The summed E-state index contributed by atoms with van der Waals surface area (Å²) in [6.45, 7) is 2.82. The van der Waals surface area contributed by atoms with E-state index in [4.69, 9.17) is 20.6 Å². The molecule has 0 spiro atoms. The van der Waals surface area contributed by atoms with Crippen LogP contribution >= 0.6 is 11.8 Å². The van der Waals surface area contributed by atoms with Crippen LogP contribution in [-0.4, -0.2) is 91.8 Å². The van der Waals surface area contributed by atoms with E-state index in [9.17, 15) is 22.8 Å². The van der Waals surface area contributed by atoms with E-state index in [-0.39, 0.29) is 29.4 Å². The number of nitrogens with zero attached hydrogens (tertiary/aromatic N) is 3. The van der Waals surface area contributed by atoms with Crippen molar-refractivity contribution in [3.8, 4) is 5.75 Å². The SMILES string of the molecule is COC(=O)[C@H](C)N(C(=O)[C@@H]1CCCN1S(=O)(=O)c1ccc(C(=N)N)cc1)c1ccc(OC(=O)N2CCSCC2)cc1. The Bertz CT molecular complexity index is 1390.